The number of alkyl halides is 1. The number of carbonyl (C=O) groups is 4. The van der Waals surface area contributed by atoms with Crippen molar-refractivity contribution in [3.05, 3.63) is 67.3 Å². The van der Waals surface area contributed by atoms with Gasteiger partial charge in [0.1, 0.15) is 11.5 Å². The average molecular weight is 857 g/mol. The third-order valence-corrected chi connectivity index (χ3v) is 13.1. The minimum Gasteiger partial charge on any atom is -0.492 e. The molecule has 0 radical (unpaired) electrons. The Hall–Kier alpha value is -5.93. The molecule has 2 aromatic carbocycles. The Labute approximate surface area is 350 Å². The average Bonchev–Trinajstić information content (AvgIpc) is 3.98. The smallest absolute Gasteiger partial charge is 0.283 e. The van der Waals surface area contributed by atoms with Crippen molar-refractivity contribution in [3.8, 4) is 57.7 Å². The molecule has 4 amide bonds. The van der Waals surface area contributed by atoms with Crippen molar-refractivity contribution < 1.29 is 53.1 Å². The summed E-state index contributed by atoms with van der Waals surface area (Å²) >= 11 is 1.61. The van der Waals surface area contributed by atoms with Crippen LogP contribution in [0.4, 0.5) is 4.39 Å². The van der Waals surface area contributed by atoms with E-state index >= 15 is 4.39 Å². The van der Waals surface area contributed by atoms with Crippen LogP contribution in [-0.4, -0.2) is 130 Å². The molecular formula is C41H37FN6O10S2. The molecule has 0 bridgehead atoms. The maximum atomic E-state index is 17.5. The third-order valence-electron chi connectivity index (χ3n) is 10.7. The summed E-state index contributed by atoms with van der Waals surface area (Å²) in [7, 11) is 4.67. The van der Waals surface area contributed by atoms with Crippen molar-refractivity contribution in [2.45, 2.75) is 41.9 Å². The Balaban J connectivity index is 1.15. The van der Waals surface area contributed by atoms with Crippen LogP contribution in [0, 0.1) is 23.7 Å². The molecule has 2 fully saturated rings. The van der Waals surface area contributed by atoms with Crippen LogP contribution in [0.5, 0.6) is 11.5 Å². The molecule has 4 aliphatic heterocycles. The van der Waals surface area contributed by atoms with E-state index < -0.39 is 53.3 Å². The molecule has 4 aliphatic rings. The van der Waals surface area contributed by atoms with Crippen molar-refractivity contribution in [1.29, 1.82) is 0 Å². The summed E-state index contributed by atoms with van der Waals surface area (Å²) in [6.45, 7) is -0.171. The number of fused-ring (bicyclic) bond motifs is 6. The number of amides is 4. The molecule has 60 heavy (non-hydrogen) atoms. The first-order valence-electron chi connectivity index (χ1n) is 18.6. The second kappa shape index (κ2) is 15.3. The Morgan fingerprint density at radius 2 is 1.53 bits per heavy atom. The van der Waals surface area contributed by atoms with Gasteiger partial charge in [-0.1, -0.05) is 23.7 Å². The monoisotopic (exact) mass is 856 g/mol. The van der Waals surface area contributed by atoms with Gasteiger partial charge < -0.3 is 50.4 Å². The summed E-state index contributed by atoms with van der Waals surface area (Å²) in [6.07, 6.45) is -1.65. The minimum atomic E-state index is -2.88. The number of carbonyl (C=O) groups excluding carboxylic acids is 4. The highest BCUT2D eigenvalue weighted by molar-refractivity contribution is 7.14. The number of nitrogens with two attached hydrogens (primary N) is 1. The Morgan fingerprint density at radius 3 is 2.08 bits per heavy atom. The number of thiazole rings is 2. The molecule has 1 unspecified atom stereocenters. The molecule has 0 aliphatic carbocycles. The highest BCUT2D eigenvalue weighted by Gasteiger charge is 2.51. The second-order valence-corrected chi connectivity index (χ2v) is 16.9. The molecule has 2 aromatic heterocycles. The van der Waals surface area contributed by atoms with E-state index in [0.29, 0.717) is 51.9 Å². The quantitative estimate of drug-likeness (QED) is 0.173. The van der Waals surface area contributed by atoms with E-state index in [-0.39, 0.29) is 69.4 Å². The first-order valence-corrected chi connectivity index (χ1v) is 20.2. The molecule has 310 valence electrons. The lowest BCUT2D eigenvalue weighted by atomic mass is 9.98. The van der Waals surface area contributed by atoms with Gasteiger partial charge in [-0.15, -0.1) is 22.7 Å². The van der Waals surface area contributed by atoms with Gasteiger partial charge in [-0.2, -0.15) is 0 Å². The molecule has 2 saturated heterocycles. The van der Waals surface area contributed by atoms with E-state index in [1.165, 1.54) is 35.1 Å². The predicted molar refractivity (Wildman–Crippen MR) is 214 cm³/mol. The number of primary amides is 1. The van der Waals surface area contributed by atoms with Crippen molar-refractivity contribution in [2.75, 3.05) is 54.1 Å². The number of hydrogen-bond acceptors (Lipinski definition) is 14. The molecule has 6 N–H and O–H groups in total. The zero-order valence-corrected chi connectivity index (χ0v) is 34.0. The van der Waals surface area contributed by atoms with Gasteiger partial charge in [0.15, 0.2) is 10.0 Å². The Kier molecular flexibility index (Phi) is 10.4. The van der Waals surface area contributed by atoms with Crippen LogP contribution < -0.4 is 20.5 Å². The largest absolute Gasteiger partial charge is 0.492 e. The van der Waals surface area contributed by atoms with Crippen LogP contribution in [0.2, 0.25) is 0 Å². The highest BCUT2D eigenvalue weighted by Crippen LogP contribution is 2.48. The van der Waals surface area contributed by atoms with Gasteiger partial charge in [0.05, 0.1) is 42.0 Å². The molecule has 16 nitrogen and oxygen atoms in total. The molecule has 5 atom stereocenters. The molecule has 4 aromatic rings. The van der Waals surface area contributed by atoms with E-state index in [0.717, 1.165) is 11.3 Å². The predicted octanol–water partition coefficient (Wildman–Crippen LogP) is 1.35. The minimum absolute atomic E-state index is 0.00202. The summed E-state index contributed by atoms with van der Waals surface area (Å²) in [5.74, 6) is 8.22. The number of likely N-dealkylation sites (tertiary alicyclic amines) is 2. The van der Waals surface area contributed by atoms with Crippen LogP contribution in [-0.2, 0) is 20.0 Å². The Morgan fingerprint density at radius 1 is 0.950 bits per heavy atom. The van der Waals surface area contributed by atoms with Crippen LogP contribution in [0.1, 0.15) is 59.2 Å². The summed E-state index contributed by atoms with van der Waals surface area (Å²) < 4.78 is 35.2. The lowest BCUT2D eigenvalue weighted by molar-refractivity contribution is -0.138. The number of halogens is 1. The van der Waals surface area contributed by atoms with Gasteiger partial charge in [-0.25, -0.2) is 14.4 Å². The number of rotatable bonds is 6. The molecular weight excluding hydrogens is 820 g/mol. The van der Waals surface area contributed by atoms with Crippen LogP contribution >= 0.6 is 22.7 Å². The third kappa shape index (κ3) is 7.02. The molecule has 19 heteroatoms. The number of hydrogen-bond donors (Lipinski definition) is 5. The van der Waals surface area contributed by atoms with E-state index in [1.54, 1.807) is 32.3 Å². The maximum absolute atomic E-state index is 17.5. The topological polar surface area (TPSA) is 227 Å². The van der Waals surface area contributed by atoms with E-state index in [2.05, 4.69) is 34.0 Å². The summed E-state index contributed by atoms with van der Waals surface area (Å²) in [5, 5.41) is 34.6. The van der Waals surface area contributed by atoms with Gasteiger partial charge in [0.25, 0.3) is 23.6 Å². The van der Waals surface area contributed by atoms with Crippen molar-refractivity contribution in [3.63, 3.8) is 0 Å². The lowest BCUT2D eigenvalue weighted by Crippen LogP contribution is -2.53. The zero-order chi connectivity index (χ0) is 42.7. The van der Waals surface area contributed by atoms with Gasteiger partial charge in [0.2, 0.25) is 23.1 Å². The second-order valence-electron chi connectivity index (χ2n) is 14.8. The maximum Gasteiger partial charge on any atom is 0.283 e. The molecule has 6 heterocycles. The highest BCUT2D eigenvalue weighted by atomic mass is 32.1. The first-order chi connectivity index (χ1) is 28.6. The normalized spacial score (nSPS) is 25.2. The van der Waals surface area contributed by atoms with Gasteiger partial charge in [-0.05, 0) is 36.4 Å². The summed E-state index contributed by atoms with van der Waals surface area (Å²) in [6, 6.07) is 9.43. The summed E-state index contributed by atoms with van der Waals surface area (Å²) in [4.78, 5) is 63.7. The number of aliphatic hydroxyl groups is 3. The first kappa shape index (κ1) is 40.8. The number of nitrogens with zero attached hydrogens (tertiary/aromatic N) is 4. The van der Waals surface area contributed by atoms with E-state index in [4.69, 9.17) is 24.9 Å². The fourth-order valence-electron chi connectivity index (χ4n) is 7.30. The number of likely N-dealkylation sites (N-methyl/N-ethyl adjacent to an activating group) is 2. The zero-order valence-electron chi connectivity index (χ0n) is 32.3. The van der Waals surface area contributed by atoms with Crippen LogP contribution in [0.25, 0.3) is 22.5 Å². The number of benzene rings is 2. The molecule has 8 rings (SSSR count). The van der Waals surface area contributed by atoms with Crippen molar-refractivity contribution in [1.82, 2.24) is 25.1 Å². The van der Waals surface area contributed by atoms with Gasteiger partial charge >= 0.3 is 0 Å². The van der Waals surface area contributed by atoms with Gasteiger partial charge in [-0.3, -0.25) is 19.2 Å². The lowest BCUT2D eigenvalue weighted by Gasteiger charge is -2.30. The molecule has 0 saturated carbocycles. The molecule has 0 spiro atoms. The number of aliphatic hydroxyl groups excluding tert-OH is 1. The van der Waals surface area contributed by atoms with Gasteiger partial charge in [0, 0.05) is 74.3 Å². The summed E-state index contributed by atoms with van der Waals surface area (Å²) in [5.41, 5.74) is 0.600. The van der Waals surface area contributed by atoms with Crippen LogP contribution in [0.3, 0.4) is 0 Å². The SMILES string of the molecule is COC[C@H]1COc2ccc(C#C[C@]3(O)CCN(C)C3=O)cc2-c2nc(C(=O)NC3Oc4ccc(C#C[C@]5(O)CCN(C)C5=O)cc4-c4nc(C(N)=O)sc4[C@]3(F)CO)sc21. The van der Waals surface area contributed by atoms with E-state index in [1.807, 2.05) is 0 Å². The number of ether oxygens (including phenoxy) is 3. The number of nitrogens with one attached hydrogen (secondary N) is 1. The van der Waals surface area contributed by atoms with Crippen LogP contribution in [0.15, 0.2) is 36.4 Å². The Bertz CT molecular complexity index is 2610. The standard InChI is InChI=1S/C41H37FN6O10S2/c1-47-14-12-39(54,37(47)52)10-8-21-4-6-26-24(16-21)28-30(23(18-56-3)19-57-26)59-35(44-28)33(51)46-36-41(42,20-49)31-29(45-34(60-31)32(43)50)25-17-22(5-7-27(25)58-36)9-11-40(55)13-15-48(2)38(40)53/h4-7,16-17,23,36,49,54-55H,12-15,18-20H2,1-3H3,(H2,43,50)(H,46,51)/t23-,36?,39-,40-,41+/m0/s1. The number of methoxy groups -OCH3 is 1. The fourth-order valence-corrected chi connectivity index (χ4v) is 9.38. The fraction of sp³-hybridized carbons (Fsp3) is 0.366. The van der Waals surface area contributed by atoms with E-state index in [9.17, 15) is 34.5 Å². The van der Waals surface area contributed by atoms with Crippen molar-refractivity contribution in [2.24, 2.45) is 5.73 Å². The van der Waals surface area contributed by atoms with Crippen molar-refractivity contribution >= 4 is 46.3 Å². The number of aromatic nitrogens is 2.